The Hall–Kier alpha value is -0.850. The molecule has 0 aromatic carbocycles. The van der Waals surface area contributed by atoms with Gasteiger partial charge in [0.1, 0.15) is 0 Å². The van der Waals surface area contributed by atoms with Crippen LogP contribution in [0.25, 0.3) is 0 Å². The van der Waals surface area contributed by atoms with Crippen molar-refractivity contribution in [3.8, 4) is 0 Å². The van der Waals surface area contributed by atoms with Gasteiger partial charge >= 0.3 is 0 Å². The minimum absolute atomic E-state index is 0.787. The number of hydrogen-bond acceptors (Lipinski definition) is 1. The van der Waals surface area contributed by atoms with Gasteiger partial charge in [-0.05, 0) is 30.4 Å². The van der Waals surface area contributed by atoms with Crippen molar-refractivity contribution < 1.29 is 0 Å². The van der Waals surface area contributed by atoms with Gasteiger partial charge in [0.25, 0.3) is 0 Å². The third-order valence-electron chi connectivity index (χ3n) is 1.73. The van der Waals surface area contributed by atoms with Gasteiger partial charge in [-0.3, -0.25) is 4.98 Å². The van der Waals surface area contributed by atoms with E-state index in [2.05, 4.69) is 24.9 Å². The second-order valence-corrected chi connectivity index (χ2v) is 3.29. The van der Waals surface area contributed by atoms with E-state index in [1.54, 1.807) is 0 Å². The van der Waals surface area contributed by atoms with E-state index in [9.17, 15) is 0 Å². The highest BCUT2D eigenvalue weighted by Gasteiger charge is 1.95. The summed E-state index contributed by atoms with van der Waals surface area (Å²) in [6, 6.07) is 4.13. The van der Waals surface area contributed by atoms with Gasteiger partial charge < -0.3 is 0 Å². The molecule has 0 aliphatic carbocycles. The van der Waals surface area contributed by atoms with Crippen molar-refractivity contribution in [2.45, 2.75) is 40.5 Å². The molecule has 0 aliphatic rings. The highest BCUT2D eigenvalue weighted by Crippen LogP contribution is 2.06. The molecule has 0 bridgehead atoms. The average molecular weight is 179 g/mol. The topological polar surface area (TPSA) is 12.9 Å². The minimum Gasteiger partial charge on any atom is -0.264 e. The Labute approximate surface area is 82.2 Å². The van der Waals surface area contributed by atoms with Crippen LogP contribution < -0.4 is 0 Å². The molecular formula is C12H21N. The molecule has 0 N–H and O–H groups in total. The summed E-state index contributed by atoms with van der Waals surface area (Å²) in [6.45, 7) is 8.49. The molecule has 0 saturated heterocycles. The summed E-state index contributed by atoms with van der Waals surface area (Å²) >= 11 is 0. The average Bonchev–Trinajstić information content (AvgIpc) is 2.19. The van der Waals surface area contributed by atoms with Crippen molar-refractivity contribution in [3.05, 3.63) is 30.1 Å². The van der Waals surface area contributed by atoms with Crippen LogP contribution >= 0.6 is 0 Å². The van der Waals surface area contributed by atoms with Crippen molar-refractivity contribution in [1.29, 1.82) is 0 Å². The van der Waals surface area contributed by atoms with Gasteiger partial charge in [-0.25, -0.2) is 0 Å². The molecular weight excluding hydrogens is 158 g/mol. The second kappa shape index (κ2) is 7.78. The first-order valence-corrected chi connectivity index (χ1v) is 5.18. The lowest BCUT2D eigenvalue weighted by atomic mass is 10.0. The Bertz CT molecular complexity index is 192. The molecule has 0 aliphatic heterocycles. The summed E-state index contributed by atoms with van der Waals surface area (Å²) < 4.78 is 0. The molecule has 0 radical (unpaired) electrons. The molecule has 1 heteroatoms. The predicted octanol–water partition coefficient (Wildman–Crippen LogP) is 3.70. The highest BCUT2D eigenvalue weighted by atomic mass is 14.6. The zero-order valence-corrected chi connectivity index (χ0v) is 9.25. The van der Waals surface area contributed by atoms with Crippen molar-refractivity contribution >= 4 is 0 Å². The maximum atomic E-state index is 4.06. The fourth-order valence-corrected chi connectivity index (χ4v) is 1.00. The Balaban J connectivity index is 0.000000671. The van der Waals surface area contributed by atoms with Crippen molar-refractivity contribution in [3.63, 3.8) is 0 Å². The maximum Gasteiger partial charge on any atom is 0.0299 e. The Morgan fingerprint density at radius 1 is 1.31 bits per heavy atom. The predicted molar refractivity (Wildman–Crippen MR) is 58.7 cm³/mol. The van der Waals surface area contributed by atoms with E-state index < -0.39 is 0 Å². The monoisotopic (exact) mass is 179 g/mol. The number of nitrogens with zero attached hydrogens (tertiary/aromatic N) is 1. The fourth-order valence-electron chi connectivity index (χ4n) is 1.00. The van der Waals surface area contributed by atoms with Gasteiger partial charge in [0.05, 0.1) is 0 Å². The molecule has 1 aromatic rings. The number of hydrogen-bond donors (Lipinski definition) is 0. The van der Waals surface area contributed by atoms with Crippen LogP contribution in [0.2, 0.25) is 0 Å². The van der Waals surface area contributed by atoms with Crippen LogP contribution in [0.15, 0.2) is 24.5 Å². The highest BCUT2D eigenvalue weighted by molar-refractivity contribution is 5.08. The van der Waals surface area contributed by atoms with Gasteiger partial charge in [-0.15, -0.1) is 0 Å². The van der Waals surface area contributed by atoms with Crippen LogP contribution in [0.5, 0.6) is 0 Å². The summed E-state index contributed by atoms with van der Waals surface area (Å²) in [4.78, 5) is 4.06. The smallest absolute Gasteiger partial charge is 0.0299 e. The zero-order valence-electron chi connectivity index (χ0n) is 9.25. The standard InChI is InChI=1S/C10H15N.C2H6/c1-9(2)5-6-10-4-3-7-11-8-10;1-2/h3-4,7-9H,5-6H2,1-2H3;1-2H3. The molecule has 74 valence electrons. The maximum absolute atomic E-state index is 4.06. The summed E-state index contributed by atoms with van der Waals surface area (Å²) in [5, 5.41) is 0. The van der Waals surface area contributed by atoms with E-state index in [4.69, 9.17) is 0 Å². The van der Waals surface area contributed by atoms with Crippen LogP contribution in [0.3, 0.4) is 0 Å². The molecule has 0 spiro atoms. The minimum atomic E-state index is 0.787. The van der Waals surface area contributed by atoms with Gasteiger partial charge in [0.15, 0.2) is 0 Å². The number of aromatic nitrogens is 1. The van der Waals surface area contributed by atoms with Crippen LogP contribution in [0, 0.1) is 5.92 Å². The SMILES string of the molecule is CC.CC(C)CCc1cccnc1. The Morgan fingerprint density at radius 2 is 2.00 bits per heavy atom. The van der Waals surface area contributed by atoms with Crippen molar-refractivity contribution in [1.82, 2.24) is 4.98 Å². The van der Waals surface area contributed by atoms with Gasteiger partial charge in [0, 0.05) is 12.4 Å². The molecule has 0 amide bonds. The molecule has 13 heavy (non-hydrogen) atoms. The molecule has 0 fully saturated rings. The number of rotatable bonds is 3. The third-order valence-corrected chi connectivity index (χ3v) is 1.73. The fraction of sp³-hybridized carbons (Fsp3) is 0.583. The molecule has 0 saturated carbocycles. The molecule has 0 unspecified atom stereocenters. The van der Waals surface area contributed by atoms with Crippen molar-refractivity contribution in [2.75, 3.05) is 0 Å². The number of aryl methyl sites for hydroxylation is 1. The summed E-state index contributed by atoms with van der Waals surface area (Å²) in [7, 11) is 0. The normalized spacial score (nSPS) is 9.31. The largest absolute Gasteiger partial charge is 0.264 e. The summed E-state index contributed by atoms with van der Waals surface area (Å²) in [5.41, 5.74) is 1.35. The molecule has 1 aromatic heterocycles. The van der Waals surface area contributed by atoms with E-state index in [0.29, 0.717) is 0 Å². The first kappa shape index (κ1) is 12.2. The van der Waals surface area contributed by atoms with Crippen LogP contribution in [-0.2, 0) is 6.42 Å². The number of pyridine rings is 1. The second-order valence-electron chi connectivity index (χ2n) is 3.29. The summed E-state index contributed by atoms with van der Waals surface area (Å²) in [5.74, 6) is 0.787. The van der Waals surface area contributed by atoms with Gasteiger partial charge in [-0.1, -0.05) is 33.8 Å². The molecule has 0 atom stereocenters. The Morgan fingerprint density at radius 3 is 2.46 bits per heavy atom. The lowest BCUT2D eigenvalue weighted by Crippen LogP contribution is -1.91. The zero-order chi connectivity index (χ0) is 10.1. The Kier molecular flexibility index (Phi) is 7.27. The third kappa shape index (κ3) is 6.32. The lowest BCUT2D eigenvalue weighted by Gasteiger charge is -2.02. The van der Waals surface area contributed by atoms with E-state index in [1.807, 2.05) is 32.3 Å². The van der Waals surface area contributed by atoms with E-state index in [-0.39, 0.29) is 0 Å². The first-order valence-electron chi connectivity index (χ1n) is 5.18. The molecule has 1 rings (SSSR count). The van der Waals surface area contributed by atoms with Gasteiger partial charge in [-0.2, -0.15) is 0 Å². The molecule has 1 heterocycles. The van der Waals surface area contributed by atoms with E-state index in [1.165, 1.54) is 12.0 Å². The van der Waals surface area contributed by atoms with Crippen molar-refractivity contribution in [2.24, 2.45) is 5.92 Å². The van der Waals surface area contributed by atoms with Gasteiger partial charge in [0.2, 0.25) is 0 Å². The first-order chi connectivity index (χ1) is 6.29. The van der Waals surface area contributed by atoms with Crippen LogP contribution in [0.1, 0.15) is 39.7 Å². The lowest BCUT2D eigenvalue weighted by molar-refractivity contribution is 0.586. The van der Waals surface area contributed by atoms with E-state index >= 15 is 0 Å². The van der Waals surface area contributed by atoms with Crippen LogP contribution in [0.4, 0.5) is 0 Å². The quantitative estimate of drug-likeness (QED) is 0.689. The molecule has 1 nitrogen and oxygen atoms in total. The van der Waals surface area contributed by atoms with E-state index in [0.717, 1.165) is 12.3 Å². The summed E-state index contributed by atoms with van der Waals surface area (Å²) in [6.07, 6.45) is 6.18. The van der Waals surface area contributed by atoms with Crippen LogP contribution in [-0.4, -0.2) is 4.98 Å².